The van der Waals surface area contributed by atoms with Crippen LogP contribution >= 0.6 is 0 Å². The summed E-state index contributed by atoms with van der Waals surface area (Å²) in [7, 11) is -0.141. The van der Waals surface area contributed by atoms with Gasteiger partial charge in [0, 0.05) is 27.3 Å². The maximum absolute atomic E-state index is 15.2. The smallest absolute Gasteiger partial charge is 0.423 e. The third-order valence-corrected chi connectivity index (χ3v) is 9.23. The molecule has 2 N–H and O–H groups in total. The number of halogens is 6. The van der Waals surface area contributed by atoms with Crippen molar-refractivity contribution in [2.75, 3.05) is 30.9 Å². The summed E-state index contributed by atoms with van der Waals surface area (Å²) < 4.78 is 95.0. The summed E-state index contributed by atoms with van der Waals surface area (Å²) in [6, 6.07) is 2.46. The lowest BCUT2D eigenvalue weighted by atomic mass is 10.1. The van der Waals surface area contributed by atoms with E-state index in [1.54, 1.807) is 6.92 Å². The molecule has 0 bridgehead atoms. The quantitative estimate of drug-likeness (QED) is 0.0822. The molecule has 50 heavy (non-hydrogen) atoms. The van der Waals surface area contributed by atoms with Crippen LogP contribution in [0.4, 0.5) is 37.8 Å². The summed E-state index contributed by atoms with van der Waals surface area (Å²) in [5.74, 6) is -1.01. The van der Waals surface area contributed by atoms with Crippen LogP contribution in [0, 0.1) is 5.82 Å². The van der Waals surface area contributed by atoms with Gasteiger partial charge in [0.25, 0.3) is 17.5 Å². The van der Waals surface area contributed by atoms with E-state index in [0.29, 0.717) is 17.7 Å². The van der Waals surface area contributed by atoms with Crippen molar-refractivity contribution in [2.45, 2.75) is 77.4 Å². The normalized spacial score (nSPS) is 12.8. The Bertz CT molecular complexity index is 1920. The Morgan fingerprint density at radius 3 is 2.46 bits per heavy atom. The van der Waals surface area contributed by atoms with Crippen molar-refractivity contribution >= 4 is 30.5 Å². The number of alkyl halides is 5. The minimum atomic E-state index is -4.95. The third-order valence-electron chi connectivity index (χ3n) is 7.53. The van der Waals surface area contributed by atoms with Gasteiger partial charge in [-0.2, -0.15) is 18.3 Å². The van der Waals surface area contributed by atoms with Crippen LogP contribution in [-0.4, -0.2) is 70.1 Å². The number of rotatable bonds is 16. The summed E-state index contributed by atoms with van der Waals surface area (Å²) in [6.07, 6.45) is -3.64. The predicted molar refractivity (Wildman–Crippen MR) is 178 cm³/mol. The van der Waals surface area contributed by atoms with E-state index in [0.717, 1.165) is 18.3 Å². The zero-order valence-electron chi connectivity index (χ0n) is 28.1. The van der Waals surface area contributed by atoms with Gasteiger partial charge in [-0.25, -0.2) is 32.8 Å². The monoisotopic (exact) mass is 728 g/mol. The van der Waals surface area contributed by atoms with E-state index >= 15 is 4.39 Å². The number of hydrogen-bond acceptors (Lipinski definition) is 10. The fourth-order valence-electron chi connectivity index (χ4n) is 4.86. The minimum absolute atomic E-state index is 0.0459. The molecule has 0 unspecified atom stereocenters. The van der Waals surface area contributed by atoms with Gasteiger partial charge in [-0.15, -0.1) is 0 Å². The second-order valence-corrected chi connectivity index (χ2v) is 18.4. The summed E-state index contributed by atoms with van der Waals surface area (Å²) in [6.45, 7) is 7.28. The average molecular weight is 729 g/mol. The highest BCUT2D eigenvalue weighted by Crippen LogP contribution is 2.32. The first-order chi connectivity index (χ1) is 23.5. The number of anilines is 2. The van der Waals surface area contributed by atoms with Crippen LogP contribution in [0.2, 0.25) is 25.7 Å². The molecule has 19 heteroatoms. The fourth-order valence-corrected chi connectivity index (χ4v) is 5.62. The van der Waals surface area contributed by atoms with Gasteiger partial charge in [0.15, 0.2) is 17.4 Å². The zero-order valence-corrected chi connectivity index (χ0v) is 29.1. The largest absolute Gasteiger partial charge is 0.491 e. The highest BCUT2D eigenvalue weighted by molar-refractivity contribution is 6.76. The number of aryl methyl sites for hydroxylation is 1. The molecule has 0 spiro atoms. The van der Waals surface area contributed by atoms with E-state index < -0.39 is 68.2 Å². The van der Waals surface area contributed by atoms with E-state index in [1.807, 2.05) is 0 Å². The molecule has 12 nitrogen and oxygen atoms in total. The van der Waals surface area contributed by atoms with Gasteiger partial charge in [0.05, 0.1) is 54.5 Å². The first kappa shape index (κ1) is 38.3. The van der Waals surface area contributed by atoms with Crippen molar-refractivity contribution in [3.63, 3.8) is 0 Å². The molecule has 4 rings (SSSR count). The Hall–Kier alpha value is -4.52. The Labute approximate surface area is 283 Å². The number of nitrogens with one attached hydrogen (secondary N) is 2. The van der Waals surface area contributed by atoms with Gasteiger partial charge in [-0.05, 0) is 37.9 Å². The van der Waals surface area contributed by atoms with Gasteiger partial charge in [-0.3, -0.25) is 14.2 Å². The molecule has 272 valence electrons. The van der Waals surface area contributed by atoms with Crippen molar-refractivity contribution < 1.29 is 35.8 Å². The highest BCUT2D eigenvalue weighted by atomic mass is 28.3. The first-order valence-corrected chi connectivity index (χ1v) is 19.3. The van der Waals surface area contributed by atoms with Crippen LogP contribution in [0.1, 0.15) is 25.3 Å². The molecule has 3 heterocycles. The van der Waals surface area contributed by atoms with Crippen LogP contribution in [0.5, 0.6) is 5.75 Å². The average Bonchev–Trinajstić information content (AvgIpc) is 3.03. The van der Waals surface area contributed by atoms with Crippen LogP contribution < -0.4 is 26.5 Å². The van der Waals surface area contributed by atoms with Gasteiger partial charge >= 0.3 is 6.18 Å². The van der Waals surface area contributed by atoms with E-state index in [4.69, 9.17) is 9.47 Å². The maximum atomic E-state index is 15.2. The standard InChI is InChI=1S/C31H38F6N8O4Si/c1-18(42-23-13-41-45(17-49-9-10-50(3,4)5)30(47)26(23)31(35,36)37)7-6-8-44-16-40-22-12-19(21(32)11-20(22)29(44)46)27-38-14-24(48-2)28(43-27)39-15-25(33)34/h11-14,16,18,25,42H,6-10,15,17H2,1-5H3,(H,38,39,43)/t18-/m0/s1. The Morgan fingerprint density at radius 1 is 1.06 bits per heavy atom. The van der Waals surface area contributed by atoms with Crippen LogP contribution in [-0.2, 0) is 24.2 Å². The summed E-state index contributed by atoms with van der Waals surface area (Å²) in [5, 5.41) is 8.95. The van der Waals surface area contributed by atoms with Crippen molar-refractivity contribution in [3.05, 3.63) is 62.9 Å². The lowest BCUT2D eigenvalue weighted by Gasteiger charge is -2.20. The molecule has 1 atom stereocenters. The Kier molecular flexibility index (Phi) is 12.3. The number of ether oxygens (including phenoxy) is 2. The minimum Gasteiger partial charge on any atom is -0.491 e. The van der Waals surface area contributed by atoms with Crippen LogP contribution in [0.3, 0.4) is 0 Å². The molecule has 1 aromatic carbocycles. The molecule has 0 aliphatic heterocycles. The summed E-state index contributed by atoms with van der Waals surface area (Å²) >= 11 is 0. The molecule has 0 radical (unpaired) electrons. The Morgan fingerprint density at radius 2 is 1.80 bits per heavy atom. The van der Waals surface area contributed by atoms with Crippen molar-refractivity contribution in [3.8, 4) is 17.1 Å². The fraction of sp³-hybridized carbons (Fsp3) is 0.484. The van der Waals surface area contributed by atoms with E-state index in [-0.39, 0.29) is 46.8 Å². The lowest BCUT2D eigenvalue weighted by molar-refractivity contribution is -0.138. The summed E-state index contributed by atoms with van der Waals surface area (Å²) in [5.41, 5.74) is -3.74. The van der Waals surface area contributed by atoms with Gasteiger partial charge < -0.3 is 20.1 Å². The number of benzene rings is 1. The molecule has 0 saturated carbocycles. The van der Waals surface area contributed by atoms with Gasteiger partial charge in [0.1, 0.15) is 18.1 Å². The number of nitrogens with zero attached hydrogens (tertiary/aromatic N) is 6. The lowest BCUT2D eigenvalue weighted by Crippen LogP contribution is -2.34. The number of aromatic nitrogens is 6. The molecule has 4 aromatic rings. The molecule has 0 saturated heterocycles. The first-order valence-electron chi connectivity index (χ1n) is 15.6. The molecule has 0 fully saturated rings. The molecular weight excluding hydrogens is 690 g/mol. The third kappa shape index (κ3) is 9.80. The second kappa shape index (κ2) is 16.0. The van der Waals surface area contributed by atoms with Crippen LogP contribution in [0.25, 0.3) is 22.3 Å². The highest BCUT2D eigenvalue weighted by Gasteiger charge is 2.38. The Balaban J connectivity index is 1.44. The predicted octanol–water partition coefficient (Wildman–Crippen LogP) is 5.85. The number of hydrogen-bond donors (Lipinski definition) is 2. The van der Waals surface area contributed by atoms with Crippen molar-refractivity contribution in [1.82, 2.24) is 29.3 Å². The van der Waals surface area contributed by atoms with Gasteiger partial charge in [-0.1, -0.05) is 19.6 Å². The van der Waals surface area contributed by atoms with Crippen LogP contribution in [0.15, 0.2) is 40.4 Å². The molecule has 0 amide bonds. The van der Waals surface area contributed by atoms with Crippen molar-refractivity contribution in [2.24, 2.45) is 0 Å². The van der Waals surface area contributed by atoms with Crippen molar-refractivity contribution in [1.29, 1.82) is 0 Å². The molecular formula is C31H38F6N8O4Si. The van der Waals surface area contributed by atoms with Gasteiger partial charge in [0.2, 0.25) is 0 Å². The molecule has 0 aliphatic carbocycles. The SMILES string of the molecule is COc1cnc(-c2cc3ncn(CCC[C@H](C)Nc4cnn(COCC[Si](C)(C)C)c(=O)c4C(F)(F)F)c(=O)c3cc2F)nc1NCC(F)F. The number of methoxy groups -OCH3 is 1. The summed E-state index contributed by atoms with van der Waals surface area (Å²) in [4.78, 5) is 38.3. The molecule has 3 aromatic heterocycles. The van der Waals surface area contributed by atoms with E-state index in [2.05, 4.69) is 50.3 Å². The van der Waals surface area contributed by atoms with E-state index in [9.17, 15) is 31.5 Å². The van der Waals surface area contributed by atoms with E-state index in [1.165, 1.54) is 30.3 Å². The maximum Gasteiger partial charge on any atom is 0.423 e. The molecule has 0 aliphatic rings. The topological polar surface area (TPSA) is 138 Å². The number of fused-ring (bicyclic) bond motifs is 1. The zero-order chi connectivity index (χ0) is 36.8. The second-order valence-electron chi connectivity index (χ2n) is 12.7.